The van der Waals surface area contributed by atoms with Crippen LogP contribution in [0.1, 0.15) is 11.4 Å². The molecule has 0 aliphatic heterocycles. The van der Waals surface area contributed by atoms with Crippen molar-refractivity contribution in [3.05, 3.63) is 64.9 Å². The fourth-order valence-electron chi connectivity index (χ4n) is 2.13. The molecule has 2 aromatic carbocycles. The molecule has 3 rings (SSSR count). The third kappa shape index (κ3) is 3.41. The minimum Gasteiger partial charge on any atom is -0.399 e. The van der Waals surface area contributed by atoms with Crippen molar-refractivity contribution in [2.45, 2.75) is 12.8 Å². The molecule has 0 unspecified atom stereocenters. The Hall–Kier alpha value is -2.33. The molecule has 0 saturated heterocycles. The number of aromatic amines is 1. The molecule has 3 aromatic rings. The van der Waals surface area contributed by atoms with Gasteiger partial charge in [0.2, 0.25) is 0 Å². The van der Waals surface area contributed by atoms with Gasteiger partial charge in [-0.15, -0.1) is 0 Å². The van der Waals surface area contributed by atoms with Crippen molar-refractivity contribution in [2.24, 2.45) is 0 Å². The molecule has 106 valence electrons. The summed E-state index contributed by atoms with van der Waals surface area (Å²) in [5, 5.41) is 7.97. The molecule has 21 heavy (non-hydrogen) atoms. The molecule has 0 radical (unpaired) electrons. The van der Waals surface area contributed by atoms with Crippen molar-refractivity contribution in [2.75, 3.05) is 5.73 Å². The summed E-state index contributed by atoms with van der Waals surface area (Å²) in [4.78, 5) is 4.51. The van der Waals surface area contributed by atoms with E-state index in [0.29, 0.717) is 11.5 Å². The van der Waals surface area contributed by atoms with Crippen LogP contribution in [0.4, 0.5) is 5.69 Å². The largest absolute Gasteiger partial charge is 0.399 e. The van der Waals surface area contributed by atoms with Gasteiger partial charge in [-0.25, -0.2) is 4.98 Å². The molecule has 1 heterocycles. The highest BCUT2D eigenvalue weighted by Gasteiger charge is 2.06. The first kappa shape index (κ1) is 13.6. The number of H-pyrrole nitrogens is 1. The maximum atomic E-state index is 5.87. The van der Waals surface area contributed by atoms with Crippen LogP contribution < -0.4 is 5.73 Å². The highest BCUT2D eigenvalue weighted by molar-refractivity contribution is 6.30. The zero-order valence-corrected chi connectivity index (χ0v) is 12.1. The number of hydrogen-bond donors (Lipinski definition) is 2. The quantitative estimate of drug-likeness (QED) is 0.724. The number of rotatable bonds is 4. The number of aromatic nitrogens is 3. The summed E-state index contributed by atoms with van der Waals surface area (Å²) in [7, 11) is 0. The van der Waals surface area contributed by atoms with Crippen molar-refractivity contribution in [1.82, 2.24) is 15.2 Å². The minimum absolute atomic E-state index is 0.674. The number of hydrogen-bond acceptors (Lipinski definition) is 3. The Morgan fingerprint density at radius 1 is 1.05 bits per heavy atom. The van der Waals surface area contributed by atoms with Crippen molar-refractivity contribution in [3.8, 4) is 11.4 Å². The number of aryl methyl sites for hydroxylation is 2. The number of nitrogens with two attached hydrogens (primary N) is 1. The Kier molecular flexibility index (Phi) is 3.88. The second kappa shape index (κ2) is 5.97. The fourth-order valence-corrected chi connectivity index (χ4v) is 2.25. The molecule has 5 heteroatoms. The second-order valence-electron chi connectivity index (χ2n) is 4.86. The molecule has 3 N–H and O–H groups in total. The first-order chi connectivity index (χ1) is 10.2. The molecule has 1 aromatic heterocycles. The van der Waals surface area contributed by atoms with E-state index in [1.165, 1.54) is 5.56 Å². The van der Waals surface area contributed by atoms with Crippen LogP contribution in [0, 0.1) is 0 Å². The van der Waals surface area contributed by atoms with E-state index in [0.717, 1.165) is 29.3 Å². The van der Waals surface area contributed by atoms with E-state index >= 15 is 0 Å². The van der Waals surface area contributed by atoms with Gasteiger partial charge in [-0.1, -0.05) is 35.9 Å². The van der Waals surface area contributed by atoms with Gasteiger partial charge in [-0.2, -0.15) is 5.10 Å². The van der Waals surface area contributed by atoms with Gasteiger partial charge >= 0.3 is 0 Å². The van der Waals surface area contributed by atoms with Crippen LogP contribution in [0.5, 0.6) is 0 Å². The van der Waals surface area contributed by atoms with Gasteiger partial charge in [0.15, 0.2) is 5.82 Å². The first-order valence-electron chi connectivity index (χ1n) is 6.72. The van der Waals surface area contributed by atoms with Crippen LogP contribution in [-0.4, -0.2) is 15.2 Å². The topological polar surface area (TPSA) is 67.6 Å². The SMILES string of the molecule is Nc1cccc(-c2n[nH]c(CCc3ccc(Cl)cc3)n2)c1. The third-order valence-electron chi connectivity index (χ3n) is 3.24. The Labute approximate surface area is 128 Å². The zero-order chi connectivity index (χ0) is 14.7. The van der Waals surface area contributed by atoms with Crippen LogP contribution in [0.15, 0.2) is 48.5 Å². The number of nitrogens with zero attached hydrogens (tertiary/aromatic N) is 2. The summed E-state index contributed by atoms with van der Waals surface area (Å²) in [5.74, 6) is 1.54. The Morgan fingerprint density at radius 2 is 1.86 bits per heavy atom. The normalized spacial score (nSPS) is 10.7. The molecule has 0 saturated carbocycles. The lowest BCUT2D eigenvalue weighted by molar-refractivity contribution is 0.865. The lowest BCUT2D eigenvalue weighted by Crippen LogP contribution is -1.93. The van der Waals surface area contributed by atoms with E-state index in [-0.39, 0.29) is 0 Å². The summed E-state index contributed by atoms with van der Waals surface area (Å²) in [6.45, 7) is 0. The van der Waals surface area contributed by atoms with Gasteiger partial charge < -0.3 is 5.73 Å². The molecule has 0 fully saturated rings. The molecule has 4 nitrogen and oxygen atoms in total. The van der Waals surface area contributed by atoms with E-state index in [2.05, 4.69) is 15.2 Å². The Balaban J connectivity index is 1.69. The van der Waals surface area contributed by atoms with Gasteiger partial charge in [0, 0.05) is 22.7 Å². The minimum atomic E-state index is 0.674. The zero-order valence-electron chi connectivity index (χ0n) is 11.4. The number of benzene rings is 2. The molecule has 0 aliphatic rings. The maximum Gasteiger partial charge on any atom is 0.181 e. The fraction of sp³-hybridized carbons (Fsp3) is 0.125. The molecule has 0 aliphatic carbocycles. The number of nitrogen functional groups attached to an aromatic ring is 1. The van der Waals surface area contributed by atoms with Crippen molar-refractivity contribution in [1.29, 1.82) is 0 Å². The predicted octanol–water partition coefficient (Wildman–Crippen LogP) is 3.49. The smallest absolute Gasteiger partial charge is 0.181 e. The van der Waals surface area contributed by atoms with E-state index in [9.17, 15) is 0 Å². The highest BCUT2D eigenvalue weighted by atomic mass is 35.5. The van der Waals surface area contributed by atoms with Gasteiger partial charge in [-0.05, 0) is 36.2 Å². The van der Waals surface area contributed by atoms with Gasteiger partial charge in [0.25, 0.3) is 0 Å². The third-order valence-corrected chi connectivity index (χ3v) is 3.49. The van der Waals surface area contributed by atoms with E-state index < -0.39 is 0 Å². The summed E-state index contributed by atoms with van der Waals surface area (Å²) < 4.78 is 0. The van der Waals surface area contributed by atoms with E-state index in [1.54, 1.807) is 0 Å². The highest BCUT2D eigenvalue weighted by Crippen LogP contribution is 2.18. The van der Waals surface area contributed by atoms with Gasteiger partial charge in [0.1, 0.15) is 5.82 Å². The number of nitrogens with one attached hydrogen (secondary N) is 1. The van der Waals surface area contributed by atoms with Crippen LogP contribution in [0.25, 0.3) is 11.4 Å². The molecule has 0 bridgehead atoms. The second-order valence-corrected chi connectivity index (χ2v) is 5.29. The van der Waals surface area contributed by atoms with Crippen molar-refractivity contribution >= 4 is 17.3 Å². The van der Waals surface area contributed by atoms with Crippen LogP contribution in [-0.2, 0) is 12.8 Å². The molecular formula is C16H15ClN4. The summed E-state index contributed by atoms with van der Waals surface area (Å²) >= 11 is 5.87. The first-order valence-corrected chi connectivity index (χ1v) is 7.10. The van der Waals surface area contributed by atoms with Crippen LogP contribution >= 0.6 is 11.6 Å². The van der Waals surface area contributed by atoms with E-state index in [4.69, 9.17) is 17.3 Å². The summed E-state index contributed by atoms with van der Waals surface area (Å²) in [6.07, 6.45) is 1.69. The molecule has 0 atom stereocenters. The lowest BCUT2D eigenvalue weighted by Gasteiger charge is -1.99. The van der Waals surface area contributed by atoms with Crippen molar-refractivity contribution < 1.29 is 0 Å². The molecule has 0 amide bonds. The average molecular weight is 299 g/mol. The average Bonchev–Trinajstić information content (AvgIpc) is 2.96. The van der Waals surface area contributed by atoms with Gasteiger partial charge in [-0.3, -0.25) is 5.10 Å². The maximum absolute atomic E-state index is 5.87. The number of anilines is 1. The van der Waals surface area contributed by atoms with Crippen LogP contribution in [0.2, 0.25) is 5.02 Å². The Morgan fingerprint density at radius 3 is 2.62 bits per heavy atom. The van der Waals surface area contributed by atoms with Crippen LogP contribution in [0.3, 0.4) is 0 Å². The Bertz CT molecular complexity index is 734. The molecule has 0 spiro atoms. The monoisotopic (exact) mass is 298 g/mol. The standard InChI is InChI=1S/C16H15ClN4/c17-13-7-4-11(5-8-13)6-9-15-19-16(21-20-15)12-2-1-3-14(18)10-12/h1-5,7-8,10H,6,9,18H2,(H,19,20,21). The number of halogens is 1. The summed E-state index contributed by atoms with van der Waals surface area (Å²) in [6, 6.07) is 15.4. The predicted molar refractivity (Wildman–Crippen MR) is 85.1 cm³/mol. The van der Waals surface area contributed by atoms with Crippen molar-refractivity contribution in [3.63, 3.8) is 0 Å². The van der Waals surface area contributed by atoms with E-state index in [1.807, 2.05) is 48.5 Å². The lowest BCUT2D eigenvalue weighted by atomic mass is 10.1. The summed E-state index contributed by atoms with van der Waals surface area (Å²) in [5.41, 5.74) is 8.63. The van der Waals surface area contributed by atoms with Gasteiger partial charge in [0.05, 0.1) is 0 Å². The molecular weight excluding hydrogens is 284 g/mol.